The molecule has 0 unspecified atom stereocenters. The number of nitro groups is 1. The predicted octanol–water partition coefficient (Wildman–Crippen LogP) is 1.83. The summed E-state index contributed by atoms with van der Waals surface area (Å²) in [7, 11) is 2.07. The summed E-state index contributed by atoms with van der Waals surface area (Å²) < 4.78 is 6.52. The van der Waals surface area contributed by atoms with Crippen LogP contribution in [0, 0.1) is 10.1 Å². The standard InChI is InChI=1S/C18H24N4O5/c1-12-10-20(11-13(2)19(12)3)17(23)5-4-8-21-15-7-6-14(22(25)26)9-16(15)27-18(21)24/h6-7,9,12-13H,4-5,8,10-11H2,1-3H3/t12-,13-/m1/s1. The number of hydrogen-bond acceptors (Lipinski definition) is 6. The molecule has 0 spiro atoms. The van der Waals surface area contributed by atoms with E-state index < -0.39 is 10.7 Å². The van der Waals surface area contributed by atoms with E-state index >= 15 is 0 Å². The molecule has 1 aliphatic heterocycles. The molecular weight excluding hydrogens is 352 g/mol. The summed E-state index contributed by atoms with van der Waals surface area (Å²) in [5.74, 6) is -0.488. The average Bonchev–Trinajstić information content (AvgIpc) is 2.93. The van der Waals surface area contributed by atoms with Gasteiger partial charge in [0.1, 0.15) is 0 Å². The Morgan fingerprint density at radius 3 is 2.59 bits per heavy atom. The van der Waals surface area contributed by atoms with Crippen molar-refractivity contribution in [1.82, 2.24) is 14.4 Å². The average molecular weight is 376 g/mol. The Kier molecular flexibility index (Phi) is 5.31. The van der Waals surface area contributed by atoms with Gasteiger partial charge in [-0.05, 0) is 33.4 Å². The summed E-state index contributed by atoms with van der Waals surface area (Å²) in [6.07, 6.45) is 0.842. The fourth-order valence-corrected chi connectivity index (χ4v) is 3.53. The van der Waals surface area contributed by atoms with Gasteiger partial charge in [-0.1, -0.05) is 0 Å². The number of carbonyl (C=O) groups is 1. The number of piperazine rings is 1. The minimum absolute atomic E-state index is 0.0817. The lowest BCUT2D eigenvalue weighted by Crippen LogP contribution is -2.56. The van der Waals surface area contributed by atoms with Gasteiger partial charge in [0.25, 0.3) is 5.69 Å². The van der Waals surface area contributed by atoms with Gasteiger partial charge in [-0.25, -0.2) is 4.79 Å². The normalized spacial score (nSPS) is 20.9. The van der Waals surface area contributed by atoms with Gasteiger partial charge in [0.2, 0.25) is 5.91 Å². The van der Waals surface area contributed by atoms with Gasteiger partial charge in [0.05, 0.1) is 16.5 Å². The molecule has 146 valence electrons. The van der Waals surface area contributed by atoms with Crippen molar-refractivity contribution in [3.63, 3.8) is 0 Å². The molecule has 0 saturated carbocycles. The summed E-state index contributed by atoms with van der Waals surface area (Å²) in [5, 5.41) is 10.8. The van der Waals surface area contributed by atoms with E-state index in [1.54, 1.807) is 0 Å². The van der Waals surface area contributed by atoms with Gasteiger partial charge >= 0.3 is 5.76 Å². The van der Waals surface area contributed by atoms with Crippen LogP contribution in [-0.4, -0.2) is 57.4 Å². The maximum atomic E-state index is 12.5. The Morgan fingerprint density at radius 2 is 1.96 bits per heavy atom. The van der Waals surface area contributed by atoms with Gasteiger partial charge in [-0.2, -0.15) is 0 Å². The number of nitrogens with zero attached hydrogens (tertiary/aromatic N) is 4. The Balaban J connectivity index is 1.64. The van der Waals surface area contributed by atoms with E-state index in [1.807, 2.05) is 4.90 Å². The van der Waals surface area contributed by atoms with Crippen molar-refractivity contribution >= 4 is 22.7 Å². The molecular formula is C18H24N4O5. The minimum Gasteiger partial charge on any atom is -0.407 e. The molecule has 2 atom stereocenters. The van der Waals surface area contributed by atoms with E-state index in [9.17, 15) is 19.7 Å². The lowest BCUT2D eigenvalue weighted by Gasteiger charge is -2.42. The van der Waals surface area contributed by atoms with E-state index in [0.717, 1.165) is 0 Å². The van der Waals surface area contributed by atoms with Gasteiger partial charge in [-0.15, -0.1) is 0 Å². The first-order valence-corrected chi connectivity index (χ1v) is 9.05. The topological polar surface area (TPSA) is 102 Å². The number of oxazole rings is 1. The van der Waals surface area contributed by atoms with E-state index in [-0.39, 0.29) is 17.2 Å². The second-order valence-electron chi connectivity index (χ2n) is 7.19. The zero-order valence-electron chi connectivity index (χ0n) is 15.8. The number of nitro benzene ring substituents is 1. The molecule has 1 amide bonds. The second-order valence-corrected chi connectivity index (χ2v) is 7.19. The minimum atomic E-state index is -0.570. The quantitative estimate of drug-likeness (QED) is 0.583. The predicted molar refractivity (Wildman–Crippen MR) is 99.6 cm³/mol. The molecule has 0 bridgehead atoms. The molecule has 9 nitrogen and oxygen atoms in total. The Morgan fingerprint density at radius 1 is 1.30 bits per heavy atom. The van der Waals surface area contributed by atoms with Crippen molar-refractivity contribution in [3.8, 4) is 0 Å². The number of likely N-dealkylation sites (N-methyl/N-ethyl adjacent to an activating group) is 1. The molecule has 2 aromatic rings. The highest BCUT2D eigenvalue weighted by Crippen LogP contribution is 2.20. The van der Waals surface area contributed by atoms with Gasteiger partial charge < -0.3 is 9.32 Å². The molecule has 2 heterocycles. The van der Waals surface area contributed by atoms with E-state index in [2.05, 4.69) is 25.8 Å². The zero-order valence-corrected chi connectivity index (χ0v) is 15.8. The molecule has 1 fully saturated rings. The summed E-state index contributed by atoms with van der Waals surface area (Å²) in [6.45, 7) is 5.95. The van der Waals surface area contributed by atoms with Gasteiger partial charge in [0.15, 0.2) is 5.58 Å². The number of aromatic nitrogens is 1. The summed E-state index contributed by atoms with van der Waals surface area (Å²) in [4.78, 5) is 39.0. The fourth-order valence-electron chi connectivity index (χ4n) is 3.53. The van der Waals surface area contributed by atoms with Crippen LogP contribution in [-0.2, 0) is 11.3 Å². The first kappa shape index (κ1) is 19.1. The molecule has 0 N–H and O–H groups in total. The second kappa shape index (κ2) is 7.51. The highest BCUT2D eigenvalue weighted by molar-refractivity contribution is 5.77. The van der Waals surface area contributed by atoms with Crippen LogP contribution < -0.4 is 5.76 Å². The number of aryl methyl sites for hydroxylation is 1. The van der Waals surface area contributed by atoms with Crippen molar-refractivity contribution in [1.29, 1.82) is 0 Å². The monoisotopic (exact) mass is 376 g/mol. The molecule has 1 aliphatic rings. The third-order valence-electron chi connectivity index (χ3n) is 5.35. The molecule has 0 aliphatic carbocycles. The molecule has 1 aromatic carbocycles. The molecule has 1 aromatic heterocycles. The number of amides is 1. The molecule has 1 saturated heterocycles. The largest absolute Gasteiger partial charge is 0.419 e. The summed E-state index contributed by atoms with van der Waals surface area (Å²) in [5.41, 5.74) is 0.555. The van der Waals surface area contributed by atoms with Crippen LogP contribution in [0.5, 0.6) is 0 Å². The van der Waals surface area contributed by atoms with Crippen molar-refractivity contribution in [2.75, 3.05) is 20.1 Å². The highest BCUT2D eigenvalue weighted by atomic mass is 16.6. The maximum absolute atomic E-state index is 12.5. The summed E-state index contributed by atoms with van der Waals surface area (Å²) >= 11 is 0. The maximum Gasteiger partial charge on any atom is 0.419 e. The van der Waals surface area contributed by atoms with Crippen molar-refractivity contribution in [3.05, 3.63) is 38.9 Å². The lowest BCUT2D eigenvalue weighted by atomic mass is 10.1. The molecule has 0 radical (unpaired) electrons. The zero-order chi connectivity index (χ0) is 19.7. The molecule has 9 heteroatoms. The van der Waals surface area contributed by atoms with Crippen LogP contribution in [0.25, 0.3) is 11.1 Å². The van der Waals surface area contributed by atoms with Crippen LogP contribution in [0.2, 0.25) is 0 Å². The Bertz CT molecular complexity index is 906. The van der Waals surface area contributed by atoms with Gasteiger partial charge in [-0.3, -0.25) is 24.4 Å². The summed E-state index contributed by atoms with van der Waals surface area (Å²) in [6, 6.07) is 4.71. The number of non-ortho nitro benzene ring substituents is 1. The van der Waals surface area contributed by atoms with Crippen LogP contribution >= 0.6 is 0 Å². The number of benzene rings is 1. The number of fused-ring (bicyclic) bond motifs is 1. The number of rotatable bonds is 5. The van der Waals surface area contributed by atoms with Gasteiger partial charge in [0, 0.05) is 44.2 Å². The van der Waals surface area contributed by atoms with Crippen LogP contribution in [0.4, 0.5) is 5.69 Å². The van der Waals surface area contributed by atoms with E-state index in [0.29, 0.717) is 50.1 Å². The van der Waals surface area contributed by atoms with Crippen molar-refractivity contribution < 1.29 is 14.1 Å². The van der Waals surface area contributed by atoms with E-state index in [1.165, 1.54) is 22.8 Å². The smallest absolute Gasteiger partial charge is 0.407 e. The Hall–Kier alpha value is -2.68. The lowest BCUT2D eigenvalue weighted by molar-refractivity contribution is -0.384. The van der Waals surface area contributed by atoms with Crippen LogP contribution in [0.3, 0.4) is 0 Å². The van der Waals surface area contributed by atoms with Crippen molar-refractivity contribution in [2.45, 2.75) is 45.3 Å². The van der Waals surface area contributed by atoms with E-state index in [4.69, 9.17) is 4.42 Å². The molecule has 3 rings (SSSR count). The fraction of sp³-hybridized carbons (Fsp3) is 0.556. The number of carbonyl (C=O) groups excluding carboxylic acids is 1. The van der Waals surface area contributed by atoms with Crippen LogP contribution in [0.1, 0.15) is 26.7 Å². The van der Waals surface area contributed by atoms with Crippen molar-refractivity contribution in [2.24, 2.45) is 0 Å². The highest BCUT2D eigenvalue weighted by Gasteiger charge is 2.28. The SMILES string of the molecule is C[C@@H]1CN(C(=O)CCCn2c(=O)oc3cc([N+](=O)[O-])ccc32)C[C@@H](C)N1C. The van der Waals surface area contributed by atoms with Crippen LogP contribution in [0.15, 0.2) is 27.4 Å². The first-order chi connectivity index (χ1) is 12.8. The third kappa shape index (κ3) is 3.87. The third-order valence-corrected chi connectivity index (χ3v) is 5.35. The molecule has 27 heavy (non-hydrogen) atoms. The number of hydrogen-bond donors (Lipinski definition) is 0. The Labute approximate surface area is 156 Å². The first-order valence-electron chi connectivity index (χ1n) is 9.05.